The van der Waals surface area contributed by atoms with Crippen LogP contribution in [0, 0.1) is 5.92 Å². The number of rotatable bonds is 5. The average Bonchev–Trinajstić information content (AvgIpc) is 3.55. The number of allylic oxidation sites excluding steroid dienone is 5. The van der Waals surface area contributed by atoms with Gasteiger partial charge in [0, 0.05) is 34.1 Å². The third-order valence-electron chi connectivity index (χ3n) is 10.7. The minimum atomic E-state index is -0.145. The lowest BCUT2D eigenvalue weighted by atomic mass is 9.76. The fourth-order valence-electron chi connectivity index (χ4n) is 7.96. The van der Waals surface area contributed by atoms with Crippen LogP contribution in [0.1, 0.15) is 25.8 Å². The number of anilines is 1. The molecule has 0 saturated heterocycles. The summed E-state index contributed by atoms with van der Waals surface area (Å²) in [5.41, 5.74) is 8.85. The number of aromatic nitrogens is 4. The molecular formula is C47H39N5. The van der Waals surface area contributed by atoms with Gasteiger partial charge < -0.3 is 4.90 Å². The summed E-state index contributed by atoms with van der Waals surface area (Å²) in [7, 11) is 0. The Labute approximate surface area is 304 Å². The van der Waals surface area contributed by atoms with Crippen molar-refractivity contribution >= 4 is 33.1 Å². The average molecular weight is 674 g/mol. The summed E-state index contributed by atoms with van der Waals surface area (Å²) < 4.78 is 2.21. The lowest BCUT2D eigenvalue weighted by Crippen LogP contribution is -2.50. The first-order valence-electron chi connectivity index (χ1n) is 18.1. The first-order chi connectivity index (χ1) is 25.6. The molecule has 1 aliphatic carbocycles. The minimum Gasteiger partial charge on any atom is -0.358 e. The van der Waals surface area contributed by atoms with E-state index in [1.165, 1.54) is 16.8 Å². The molecular weight excluding hydrogens is 635 g/mol. The van der Waals surface area contributed by atoms with Crippen molar-refractivity contribution in [1.29, 1.82) is 0 Å². The Balaban J connectivity index is 1.23. The summed E-state index contributed by atoms with van der Waals surface area (Å²) in [6, 6.07) is 46.5. The van der Waals surface area contributed by atoms with E-state index in [0.29, 0.717) is 17.6 Å². The normalized spacial score (nSPS) is 20.3. The van der Waals surface area contributed by atoms with E-state index in [1.807, 2.05) is 36.4 Å². The topological polar surface area (TPSA) is 46.8 Å². The van der Waals surface area contributed by atoms with Gasteiger partial charge in [-0.3, -0.25) is 4.57 Å². The largest absolute Gasteiger partial charge is 0.358 e. The third kappa shape index (κ3) is 5.55. The van der Waals surface area contributed by atoms with Gasteiger partial charge in [-0.25, -0.2) is 4.98 Å². The summed E-state index contributed by atoms with van der Waals surface area (Å²) in [4.78, 5) is 17.8. The molecule has 0 N–H and O–H groups in total. The smallest absolute Gasteiger partial charge is 0.238 e. The molecule has 5 nitrogen and oxygen atoms in total. The van der Waals surface area contributed by atoms with Crippen LogP contribution in [0.25, 0.3) is 56.1 Å². The van der Waals surface area contributed by atoms with Gasteiger partial charge in [-0.1, -0.05) is 153 Å². The van der Waals surface area contributed by atoms with Crippen LogP contribution >= 0.6 is 0 Å². The van der Waals surface area contributed by atoms with Gasteiger partial charge in [0.1, 0.15) is 0 Å². The number of hydrogen-bond acceptors (Lipinski definition) is 4. The van der Waals surface area contributed by atoms with Gasteiger partial charge >= 0.3 is 0 Å². The van der Waals surface area contributed by atoms with Gasteiger partial charge in [-0.05, 0) is 60.2 Å². The van der Waals surface area contributed by atoms with E-state index < -0.39 is 0 Å². The predicted octanol–water partition coefficient (Wildman–Crippen LogP) is 11.0. The Morgan fingerprint density at radius 3 is 2.00 bits per heavy atom. The Bertz CT molecular complexity index is 2490. The van der Waals surface area contributed by atoms with Crippen LogP contribution in [0.2, 0.25) is 0 Å². The molecule has 0 saturated carbocycles. The second-order valence-corrected chi connectivity index (χ2v) is 13.9. The summed E-state index contributed by atoms with van der Waals surface area (Å²) in [6.07, 6.45) is 14.9. The quantitative estimate of drug-likeness (QED) is 0.182. The molecule has 252 valence electrons. The Morgan fingerprint density at radius 1 is 0.654 bits per heavy atom. The second-order valence-electron chi connectivity index (χ2n) is 13.9. The molecule has 0 amide bonds. The zero-order valence-corrected chi connectivity index (χ0v) is 29.4. The van der Waals surface area contributed by atoms with Gasteiger partial charge in [0.2, 0.25) is 5.95 Å². The number of fused-ring (bicyclic) bond motifs is 4. The number of benzene rings is 5. The van der Waals surface area contributed by atoms with Crippen LogP contribution in [0.4, 0.5) is 5.69 Å². The molecule has 0 bridgehead atoms. The minimum absolute atomic E-state index is 0.145. The molecule has 1 aliphatic heterocycles. The molecule has 1 unspecified atom stereocenters. The molecule has 7 aromatic rings. The Morgan fingerprint density at radius 2 is 1.29 bits per heavy atom. The molecule has 0 fully saturated rings. The zero-order valence-electron chi connectivity index (χ0n) is 29.4. The summed E-state index contributed by atoms with van der Waals surface area (Å²) >= 11 is 0. The van der Waals surface area contributed by atoms with Crippen molar-refractivity contribution in [3.63, 3.8) is 0 Å². The first-order valence-corrected chi connectivity index (χ1v) is 18.1. The number of hydrogen-bond donors (Lipinski definition) is 0. The van der Waals surface area contributed by atoms with Crippen LogP contribution in [0.15, 0.2) is 175 Å². The summed E-state index contributed by atoms with van der Waals surface area (Å²) in [5.74, 6) is 2.13. The van der Waals surface area contributed by atoms with Crippen molar-refractivity contribution in [2.45, 2.75) is 25.8 Å². The maximum atomic E-state index is 5.15. The molecule has 52 heavy (non-hydrogen) atoms. The molecule has 5 heteroatoms. The van der Waals surface area contributed by atoms with Crippen LogP contribution < -0.4 is 4.90 Å². The van der Waals surface area contributed by atoms with E-state index >= 15 is 0 Å². The zero-order chi connectivity index (χ0) is 35.1. The summed E-state index contributed by atoms with van der Waals surface area (Å²) in [6.45, 7) is 5.49. The number of nitrogens with zero attached hydrogens (tertiary/aromatic N) is 5. The molecule has 2 atom stereocenters. The Hall–Kier alpha value is -6.33. The summed E-state index contributed by atoms with van der Waals surface area (Å²) in [5, 5.41) is 2.32. The van der Waals surface area contributed by atoms with Crippen molar-refractivity contribution in [2.24, 2.45) is 5.92 Å². The molecule has 5 aromatic carbocycles. The molecule has 0 radical (unpaired) electrons. The van der Waals surface area contributed by atoms with Crippen molar-refractivity contribution < 1.29 is 0 Å². The maximum absolute atomic E-state index is 5.15. The van der Waals surface area contributed by atoms with E-state index in [2.05, 4.69) is 157 Å². The Kier molecular flexibility index (Phi) is 7.96. The van der Waals surface area contributed by atoms with Crippen molar-refractivity contribution in [3.8, 4) is 28.7 Å². The van der Waals surface area contributed by atoms with Crippen LogP contribution in [-0.2, 0) is 0 Å². The van der Waals surface area contributed by atoms with E-state index in [9.17, 15) is 0 Å². The van der Waals surface area contributed by atoms with Crippen LogP contribution in [-0.4, -0.2) is 31.6 Å². The van der Waals surface area contributed by atoms with Gasteiger partial charge in [0.25, 0.3) is 0 Å². The second kappa shape index (κ2) is 13.1. The first kappa shape index (κ1) is 31.6. The SMILES string of the molecule is CC1/C=C\C(c2ccc3c4ccccc4n(-c4nc(-c5ccccc5)nc(-c5ccccc5)n4)c3c2)=C/CN(c2ccccc2)[C@@]2(C)CC=CC=C12. The van der Waals surface area contributed by atoms with Crippen LogP contribution in [0.5, 0.6) is 0 Å². The van der Waals surface area contributed by atoms with Crippen LogP contribution in [0.3, 0.4) is 0 Å². The van der Waals surface area contributed by atoms with E-state index in [-0.39, 0.29) is 11.5 Å². The highest BCUT2D eigenvalue weighted by molar-refractivity contribution is 6.09. The van der Waals surface area contributed by atoms with Gasteiger partial charge in [-0.2, -0.15) is 9.97 Å². The highest BCUT2D eigenvalue weighted by Crippen LogP contribution is 2.41. The van der Waals surface area contributed by atoms with Gasteiger partial charge in [0.15, 0.2) is 11.6 Å². The lowest BCUT2D eigenvalue weighted by molar-refractivity contribution is 0.469. The number of para-hydroxylation sites is 2. The molecule has 2 aliphatic rings. The maximum Gasteiger partial charge on any atom is 0.238 e. The molecule has 3 heterocycles. The van der Waals surface area contributed by atoms with E-state index in [1.54, 1.807) is 0 Å². The highest BCUT2D eigenvalue weighted by Gasteiger charge is 2.37. The van der Waals surface area contributed by atoms with Crippen molar-refractivity contribution in [1.82, 2.24) is 19.5 Å². The van der Waals surface area contributed by atoms with Gasteiger partial charge in [-0.15, -0.1) is 0 Å². The van der Waals surface area contributed by atoms with E-state index in [0.717, 1.165) is 51.5 Å². The highest BCUT2D eigenvalue weighted by atomic mass is 15.2. The van der Waals surface area contributed by atoms with E-state index in [4.69, 9.17) is 15.0 Å². The van der Waals surface area contributed by atoms with Crippen molar-refractivity contribution in [3.05, 3.63) is 181 Å². The third-order valence-corrected chi connectivity index (χ3v) is 10.7. The monoisotopic (exact) mass is 673 g/mol. The standard InChI is InChI=1S/C47H39N5/c1-33-25-26-34(29-31-51(38-20-10-5-11-21-38)47(2)30-15-14-23-41(33)47)37-27-28-40-39-22-12-13-24-42(39)52(43(40)32-37)46-49-44(35-16-6-3-7-17-35)48-45(50-46)36-18-8-4-9-19-36/h3-29,32-33H,30-31H2,1-2H3/b26-25-,34-29+/t33?,47-/m0/s1. The van der Waals surface area contributed by atoms with Crippen molar-refractivity contribution in [2.75, 3.05) is 11.4 Å². The molecule has 2 aromatic heterocycles. The lowest BCUT2D eigenvalue weighted by Gasteiger charge is -2.46. The molecule has 9 rings (SSSR count). The fraction of sp³-hybridized carbons (Fsp3) is 0.128. The van der Waals surface area contributed by atoms with Gasteiger partial charge in [0.05, 0.1) is 16.6 Å². The predicted molar refractivity (Wildman–Crippen MR) is 215 cm³/mol. The fourth-order valence-corrected chi connectivity index (χ4v) is 7.96. The molecule has 0 spiro atoms.